The normalized spacial score (nSPS) is 14.9. The molecule has 0 radical (unpaired) electrons. The predicted octanol–water partition coefficient (Wildman–Crippen LogP) is 5.31. The van der Waals surface area contributed by atoms with Crippen LogP contribution in [0.1, 0.15) is 11.1 Å². The number of nitrogens with zero attached hydrogens (tertiary/aromatic N) is 1. The molecule has 0 unspecified atom stereocenters. The third-order valence-corrected chi connectivity index (χ3v) is 6.31. The van der Waals surface area contributed by atoms with Crippen molar-refractivity contribution in [1.82, 2.24) is 5.32 Å². The number of carbonyl (C=O) groups is 3. The zero-order valence-corrected chi connectivity index (χ0v) is 21.6. The van der Waals surface area contributed by atoms with E-state index in [0.29, 0.717) is 29.4 Å². The van der Waals surface area contributed by atoms with Crippen molar-refractivity contribution in [2.75, 3.05) is 12.0 Å². The number of ether oxygens (including phenoxy) is 2. The number of hydrogen-bond donors (Lipinski definition) is 1. The summed E-state index contributed by atoms with van der Waals surface area (Å²) < 4.78 is 13.0. The lowest BCUT2D eigenvalue weighted by Crippen LogP contribution is -2.54. The van der Waals surface area contributed by atoms with Crippen molar-refractivity contribution in [3.63, 3.8) is 0 Å². The Bertz CT molecular complexity index is 1290. The maximum Gasteiger partial charge on any atom is 0.335 e. The first-order valence-electron chi connectivity index (χ1n) is 10.1. The molecule has 1 aliphatic heterocycles. The molecule has 4 rings (SSSR count). The molecule has 0 spiro atoms. The van der Waals surface area contributed by atoms with Gasteiger partial charge in [0.25, 0.3) is 11.8 Å². The van der Waals surface area contributed by atoms with Crippen molar-refractivity contribution in [3.05, 3.63) is 91.5 Å². The fourth-order valence-corrected chi connectivity index (χ4v) is 4.39. The van der Waals surface area contributed by atoms with E-state index in [2.05, 4.69) is 43.8 Å². The number of barbiturate groups is 1. The van der Waals surface area contributed by atoms with E-state index in [1.807, 2.05) is 30.3 Å². The van der Waals surface area contributed by atoms with Crippen LogP contribution in [0.25, 0.3) is 6.08 Å². The minimum absolute atomic E-state index is 0.168. The maximum absolute atomic E-state index is 13.1. The van der Waals surface area contributed by atoms with E-state index in [9.17, 15) is 14.4 Å². The molecule has 1 N–H and O–H groups in total. The van der Waals surface area contributed by atoms with Gasteiger partial charge in [-0.15, -0.1) is 0 Å². The van der Waals surface area contributed by atoms with Crippen molar-refractivity contribution in [2.45, 2.75) is 6.61 Å². The molecular formula is C25H18BrIN2O5. The first-order chi connectivity index (χ1) is 16.4. The molecule has 1 heterocycles. The second-order valence-corrected chi connectivity index (χ2v) is 9.32. The van der Waals surface area contributed by atoms with Crippen molar-refractivity contribution in [2.24, 2.45) is 0 Å². The van der Waals surface area contributed by atoms with Crippen LogP contribution in [-0.2, 0) is 16.2 Å². The van der Waals surface area contributed by atoms with Crippen LogP contribution in [0.15, 0.2) is 76.8 Å². The van der Waals surface area contributed by atoms with E-state index < -0.39 is 17.8 Å². The molecule has 7 nitrogen and oxygen atoms in total. The number of hydrogen-bond acceptors (Lipinski definition) is 5. The molecule has 0 atom stereocenters. The van der Waals surface area contributed by atoms with Gasteiger partial charge in [-0.1, -0.05) is 46.3 Å². The summed E-state index contributed by atoms with van der Waals surface area (Å²) in [5.41, 5.74) is 1.74. The SMILES string of the molecule is COc1cc(/C=C2\C(=O)NC(=O)N(c3ccc(Br)cc3)C2=O)cc(I)c1OCc1ccccc1. The Labute approximate surface area is 218 Å². The number of amides is 4. The highest BCUT2D eigenvalue weighted by molar-refractivity contribution is 14.1. The first kappa shape index (κ1) is 24.0. The Kier molecular flexibility index (Phi) is 7.32. The Morgan fingerprint density at radius 2 is 1.74 bits per heavy atom. The van der Waals surface area contributed by atoms with Gasteiger partial charge in [0.05, 0.1) is 16.4 Å². The summed E-state index contributed by atoms with van der Waals surface area (Å²) in [6, 6.07) is 19.0. The fraction of sp³-hybridized carbons (Fsp3) is 0.0800. The van der Waals surface area contributed by atoms with Crippen molar-refractivity contribution in [1.29, 1.82) is 0 Å². The summed E-state index contributed by atoms with van der Waals surface area (Å²) in [6.45, 7) is 0.360. The number of carbonyl (C=O) groups excluding carboxylic acids is 3. The molecule has 0 saturated carbocycles. The molecule has 34 heavy (non-hydrogen) atoms. The lowest BCUT2D eigenvalue weighted by molar-refractivity contribution is -0.122. The number of urea groups is 1. The molecule has 0 bridgehead atoms. The van der Waals surface area contributed by atoms with Crippen LogP contribution in [-0.4, -0.2) is 25.0 Å². The van der Waals surface area contributed by atoms with Gasteiger partial charge in [-0.3, -0.25) is 14.9 Å². The molecule has 172 valence electrons. The van der Waals surface area contributed by atoms with Gasteiger partial charge in [0.2, 0.25) is 0 Å². The smallest absolute Gasteiger partial charge is 0.335 e. The molecular weight excluding hydrogens is 615 g/mol. The highest BCUT2D eigenvalue weighted by Gasteiger charge is 2.36. The molecule has 9 heteroatoms. The lowest BCUT2D eigenvalue weighted by Gasteiger charge is -2.26. The minimum atomic E-state index is -0.800. The third kappa shape index (κ3) is 5.15. The van der Waals surface area contributed by atoms with Crippen LogP contribution in [0.3, 0.4) is 0 Å². The van der Waals surface area contributed by atoms with E-state index in [1.54, 1.807) is 36.4 Å². The zero-order chi connectivity index (χ0) is 24.2. The first-order valence-corrected chi connectivity index (χ1v) is 12.0. The summed E-state index contributed by atoms with van der Waals surface area (Å²) in [4.78, 5) is 38.9. The molecule has 3 aromatic rings. The topological polar surface area (TPSA) is 84.9 Å². The molecule has 1 saturated heterocycles. The van der Waals surface area contributed by atoms with Crippen LogP contribution in [0.2, 0.25) is 0 Å². The molecule has 0 aliphatic carbocycles. The van der Waals surface area contributed by atoms with Crippen LogP contribution in [0.4, 0.5) is 10.5 Å². The average molecular weight is 633 g/mol. The van der Waals surface area contributed by atoms with Gasteiger partial charge in [0.1, 0.15) is 12.2 Å². The average Bonchev–Trinajstić information content (AvgIpc) is 2.82. The second-order valence-electron chi connectivity index (χ2n) is 7.24. The van der Waals surface area contributed by atoms with Crippen molar-refractivity contribution >= 4 is 68.1 Å². The molecule has 0 aromatic heterocycles. The number of anilines is 1. The number of rotatable bonds is 6. The van der Waals surface area contributed by atoms with Gasteiger partial charge in [-0.2, -0.15) is 0 Å². The number of methoxy groups -OCH3 is 1. The van der Waals surface area contributed by atoms with Crippen molar-refractivity contribution < 1.29 is 23.9 Å². The van der Waals surface area contributed by atoms with Gasteiger partial charge in [0.15, 0.2) is 11.5 Å². The number of halogens is 2. The molecule has 3 aromatic carbocycles. The Morgan fingerprint density at radius 3 is 2.41 bits per heavy atom. The maximum atomic E-state index is 13.1. The number of imide groups is 2. The lowest BCUT2D eigenvalue weighted by atomic mass is 10.1. The van der Waals surface area contributed by atoms with Crippen LogP contribution >= 0.6 is 38.5 Å². The van der Waals surface area contributed by atoms with Crippen LogP contribution < -0.4 is 19.7 Å². The predicted molar refractivity (Wildman–Crippen MR) is 140 cm³/mol. The van der Waals surface area contributed by atoms with Crippen LogP contribution in [0.5, 0.6) is 11.5 Å². The van der Waals surface area contributed by atoms with E-state index >= 15 is 0 Å². The highest BCUT2D eigenvalue weighted by atomic mass is 127. The summed E-state index contributed by atoms with van der Waals surface area (Å²) in [5, 5.41) is 2.23. The van der Waals surface area contributed by atoms with Gasteiger partial charge in [-0.05, 0) is 76.2 Å². The molecule has 1 fully saturated rings. The second kappa shape index (κ2) is 10.4. The van der Waals surface area contributed by atoms with Gasteiger partial charge in [-0.25, -0.2) is 9.69 Å². The summed E-state index contributed by atoms with van der Waals surface area (Å²) >= 11 is 5.44. The van der Waals surface area contributed by atoms with Gasteiger partial charge in [0, 0.05) is 4.47 Å². The summed E-state index contributed by atoms with van der Waals surface area (Å²) in [5.74, 6) is -0.462. The Balaban J connectivity index is 1.64. The standard InChI is InChI=1S/C25H18BrIN2O5/c1-33-21-13-16(12-20(27)22(21)34-14-15-5-3-2-4-6-15)11-19-23(30)28-25(32)29(24(19)31)18-9-7-17(26)8-10-18/h2-13H,14H2,1H3,(H,28,30,32)/b19-11+. The Morgan fingerprint density at radius 1 is 1.03 bits per heavy atom. The van der Waals surface area contributed by atoms with Crippen LogP contribution in [0, 0.1) is 3.57 Å². The van der Waals surface area contributed by atoms with E-state index in [1.165, 1.54) is 13.2 Å². The van der Waals surface area contributed by atoms with E-state index in [4.69, 9.17) is 9.47 Å². The largest absolute Gasteiger partial charge is 0.493 e. The van der Waals surface area contributed by atoms with E-state index in [-0.39, 0.29) is 5.57 Å². The zero-order valence-electron chi connectivity index (χ0n) is 17.9. The minimum Gasteiger partial charge on any atom is -0.493 e. The summed E-state index contributed by atoms with van der Waals surface area (Å²) in [7, 11) is 1.52. The molecule has 1 aliphatic rings. The van der Waals surface area contributed by atoms with E-state index in [0.717, 1.165) is 18.5 Å². The fourth-order valence-electron chi connectivity index (χ4n) is 3.34. The monoisotopic (exact) mass is 632 g/mol. The quantitative estimate of drug-likeness (QED) is 0.226. The summed E-state index contributed by atoms with van der Waals surface area (Å²) in [6.07, 6.45) is 1.43. The van der Waals surface area contributed by atoms with Gasteiger partial charge >= 0.3 is 6.03 Å². The third-order valence-electron chi connectivity index (χ3n) is 4.98. The van der Waals surface area contributed by atoms with Gasteiger partial charge < -0.3 is 9.47 Å². The van der Waals surface area contributed by atoms with Crippen molar-refractivity contribution in [3.8, 4) is 11.5 Å². The highest BCUT2D eigenvalue weighted by Crippen LogP contribution is 2.35. The Hall–Kier alpha value is -3.18. The number of nitrogens with one attached hydrogen (secondary N) is 1. The molecule has 4 amide bonds. The number of benzene rings is 3.